The van der Waals surface area contributed by atoms with E-state index < -0.39 is 17.0 Å². The van der Waals surface area contributed by atoms with Crippen molar-refractivity contribution >= 4 is 47.0 Å². The van der Waals surface area contributed by atoms with Crippen LogP contribution in [0.3, 0.4) is 0 Å². The maximum atomic E-state index is 12.9. The summed E-state index contributed by atoms with van der Waals surface area (Å²) in [5.74, 6) is 2.20. The maximum Gasteiger partial charge on any atom is 0.237 e. The topological polar surface area (TPSA) is 113 Å². The zero-order chi connectivity index (χ0) is 30.5. The zero-order valence-corrected chi connectivity index (χ0v) is 27.2. The molecule has 42 heavy (non-hydrogen) atoms. The van der Waals surface area contributed by atoms with Crippen molar-refractivity contribution in [3.8, 4) is 0 Å². The van der Waals surface area contributed by atoms with Crippen molar-refractivity contribution in [2.45, 2.75) is 89.1 Å². The molecule has 4 rings (SSSR count). The molecule has 10 heteroatoms. The van der Waals surface area contributed by atoms with Gasteiger partial charge in [-0.05, 0) is 73.3 Å². The molecule has 0 saturated heterocycles. The molecule has 5 unspecified atom stereocenters. The van der Waals surface area contributed by atoms with Crippen molar-refractivity contribution in [1.29, 1.82) is 0 Å². The Balaban J connectivity index is 1.18. The minimum Gasteiger partial charge on any atom is -0.358 e. The molecule has 3 fully saturated rings. The van der Waals surface area contributed by atoms with Crippen LogP contribution >= 0.6 is 11.8 Å². The molecule has 1 spiro atoms. The van der Waals surface area contributed by atoms with Gasteiger partial charge >= 0.3 is 0 Å². The third-order valence-corrected chi connectivity index (χ3v) is 13.0. The van der Waals surface area contributed by atoms with Crippen molar-refractivity contribution in [1.82, 2.24) is 14.9 Å². The lowest BCUT2D eigenvalue weighted by Gasteiger charge is -2.49. The average Bonchev–Trinajstić information content (AvgIpc) is 3.33. The Labute approximate surface area is 257 Å². The number of amides is 1. The molecule has 0 radical (unpaired) electrons. The van der Waals surface area contributed by atoms with Gasteiger partial charge in [0.2, 0.25) is 5.91 Å². The number of hydrogen-bond donors (Lipinski definition) is 2. The number of unbranched alkanes of at least 4 members (excludes halogenated alkanes) is 3. The summed E-state index contributed by atoms with van der Waals surface area (Å²) in [6, 6.07) is 5.25. The zero-order valence-electron chi connectivity index (χ0n) is 25.5. The summed E-state index contributed by atoms with van der Waals surface area (Å²) in [5, 5.41) is 2.68. The van der Waals surface area contributed by atoms with Crippen LogP contribution in [0, 0.1) is 22.2 Å². The molecular weight excluding hydrogens is 571 g/mol. The number of hydrogen-bond acceptors (Lipinski definition) is 7. The first-order valence-corrected chi connectivity index (χ1v) is 17.6. The lowest BCUT2D eigenvalue weighted by molar-refractivity contribution is -0.148. The second-order valence-electron chi connectivity index (χ2n) is 12.8. The first-order chi connectivity index (χ1) is 20.1. The van der Waals surface area contributed by atoms with Crippen LogP contribution in [0.1, 0.15) is 87.6 Å². The molecule has 0 heterocycles. The van der Waals surface area contributed by atoms with Gasteiger partial charge in [0, 0.05) is 48.9 Å². The number of likely N-dealkylation sites (N-methyl/N-ethyl adjacent to an activating group) is 2. The minimum atomic E-state index is -1.18. The summed E-state index contributed by atoms with van der Waals surface area (Å²) in [6.07, 6.45) is 9.15. The molecule has 3 aliphatic carbocycles. The Kier molecular flexibility index (Phi) is 10.9. The Bertz CT molecular complexity index is 1210. The predicted octanol–water partition coefficient (Wildman–Crippen LogP) is 4.33. The van der Waals surface area contributed by atoms with Gasteiger partial charge < -0.3 is 10.1 Å². The normalized spacial score (nSPS) is 26.6. The highest BCUT2D eigenvalue weighted by Gasteiger charge is 2.88. The number of rotatable bonds is 19. The number of Topliss-reactive ketones (excluding diaryl/α,β-unsaturated/α-hetero) is 1. The number of nitrogens with one attached hydrogen (secondary N) is 2. The van der Waals surface area contributed by atoms with Crippen LogP contribution in [0.4, 0.5) is 0 Å². The van der Waals surface area contributed by atoms with E-state index in [9.17, 15) is 23.4 Å². The minimum absolute atomic E-state index is 0.120. The molecule has 3 aliphatic rings. The number of nitrogens with zero attached hydrogens (tertiary/aromatic N) is 1. The molecule has 0 aromatic heterocycles. The molecule has 232 valence electrons. The highest BCUT2D eigenvalue weighted by atomic mass is 32.2. The summed E-state index contributed by atoms with van der Waals surface area (Å²) in [6.45, 7) is 5.69. The SMILES string of the molecule is CNC(=O)C(CCC=O)N(C)Cc1c(C=O)cccc1SCCCCCCNS(=O)CC12CCC3C(C)(C)C31CC2=O. The van der Waals surface area contributed by atoms with E-state index in [0.29, 0.717) is 55.4 Å². The van der Waals surface area contributed by atoms with Crippen molar-refractivity contribution < 1.29 is 23.4 Å². The molecule has 3 saturated carbocycles. The summed E-state index contributed by atoms with van der Waals surface area (Å²) >= 11 is 1.72. The van der Waals surface area contributed by atoms with Gasteiger partial charge in [-0.1, -0.05) is 38.8 Å². The van der Waals surface area contributed by atoms with Crippen molar-refractivity contribution in [3.05, 3.63) is 29.3 Å². The quantitative estimate of drug-likeness (QED) is 0.135. The van der Waals surface area contributed by atoms with E-state index in [2.05, 4.69) is 23.9 Å². The second kappa shape index (κ2) is 13.8. The van der Waals surface area contributed by atoms with Gasteiger partial charge in [0.05, 0.1) is 22.8 Å². The van der Waals surface area contributed by atoms with E-state index >= 15 is 0 Å². The van der Waals surface area contributed by atoms with Crippen LogP contribution < -0.4 is 10.0 Å². The van der Waals surface area contributed by atoms with Gasteiger partial charge in [0.15, 0.2) is 0 Å². The van der Waals surface area contributed by atoms with Crippen LogP contribution in [0.5, 0.6) is 0 Å². The van der Waals surface area contributed by atoms with E-state index in [-0.39, 0.29) is 22.2 Å². The Morgan fingerprint density at radius 2 is 1.98 bits per heavy atom. The lowest BCUT2D eigenvalue weighted by Crippen LogP contribution is -2.56. The summed E-state index contributed by atoms with van der Waals surface area (Å²) in [5.41, 5.74) is 1.52. The number of thioether (sulfide) groups is 1. The number of carbonyl (C=O) groups excluding carboxylic acids is 4. The summed E-state index contributed by atoms with van der Waals surface area (Å²) in [7, 11) is 2.26. The summed E-state index contributed by atoms with van der Waals surface area (Å²) < 4.78 is 16.1. The maximum absolute atomic E-state index is 12.9. The molecule has 8 nitrogen and oxygen atoms in total. The first-order valence-electron chi connectivity index (χ1n) is 15.3. The Morgan fingerprint density at radius 1 is 1.21 bits per heavy atom. The average molecular weight is 618 g/mol. The highest BCUT2D eigenvalue weighted by molar-refractivity contribution is 7.99. The fourth-order valence-corrected chi connectivity index (χ4v) is 10.8. The van der Waals surface area contributed by atoms with Crippen molar-refractivity contribution in [3.63, 3.8) is 0 Å². The van der Waals surface area contributed by atoms with Crippen LogP contribution in [0.15, 0.2) is 23.1 Å². The van der Waals surface area contributed by atoms with E-state index in [0.717, 1.165) is 67.3 Å². The summed E-state index contributed by atoms with van der Waals surface area (Å²) in [4.78, 5) is 50.8. The Morgan fingerprint density at radius 3 is 2.64 bits per heavy atom. The van der Waals surface area contributed by atoms with Crippen molar-refractivity contribution in [2.24, 2.45) is 22.2 Å². The fourth-order valence-electron chi connectivity index (χ4n) is 8.17. The molecule has 0 aliphatic heterocycles. The van der Waals surface area contributed by atoms with E-state index in [1.807, 2.05) is 24.1 Å². The van der Waals surface area contributed by atoms with Gasteiger partial charge in [0.1, 0.15) is 18.4 Å². The third kappa shape index (κ3) is 6.06. The highest BCUT2D eigenvalue weighted by Crippen LogP contribution is 2.89. The standard InChI is InChI=1S/C32H47N3O5S2/c1-30(2)27-14-15-31(28(38)19-32(27,30)31)22-42(40)34-16-7-5-6-8-18-41-26-13-9-11-23(21-37)24(26)20-35(4)25(12-10-17-36)29(39)33-3/h9,11,13,17,21,25,27,34H,5-8,10,12,14-16,18-20,22H2,1-4H3,(H,33,39). The van der Waals surface area contributed by atoms with Gasteiger partial charge in [-0.15, -0.1) is 11.8 Å². The van der Waals surface area contributed by atoms with Crippen LogP contribution in [0.25, 0.3) is 0 Å². The largest absolute Gasteiger partial charge is 0.358 e. The molecule has 1 aromatic rings. The van der Waals surface area contributed by atoms with E-state index in [1.165, 1.54) is 0 Å². The molecule has 5 atom stereocenters. The van der Waals surface area contributed by atoms with Crippen molar-refractivity contribution in [2.75, 3.05) is 32.1 Å². The van der Waals surface area contributed by atoms with Gasteiger partial charge in [-0.2, -0.15) is 0 Å². The lowest BCUT2D eigenvalue weighted by atomic mass is 9.54. The molecule has 0 bridgehead atoms. The van der Waals surface area contributed by atoms with Gasteiger partial charge in [-0.3, -0.25) is 19.3 Å². The fraction of sp³-hybridized carbons (Fsp3) is 0.688. The van der Waals surface area contributed by atoms with Crippen LogP contribution in [-0.2, 0) is 31.9 Å². The van der Waals surface area contributed by atoms with E-state index in [1.54, 1.807) is 24.9 Å². The predicted molar refractivity (Wildman–Crippen MR) is 168 cm³/mol. The molecule has 1 amide bonds. The molecular formula is C32H47N3O5S2. The van der Waals surface area contributed by atoms with Crippen LogP contribution in [-0.4, -0.2) is 71.6 Å². The molecule has 2 N–H and O–H groups in total. The Hall–Kier alpha value is -1.88. The number of benzene rings is 1. The second-order valence-corrected chi connectivity index (χ2v) is 15.2. The monoisotopic (exact) mass is 617 g/mol. The number of ketones is 1. The number of aldehydes is 2. The van der Waals surface area contributed by atoms with Gasteiger partial charge in [0.25, 0.3) is 0 Å². The third-order valence-electron chi connectivity index (χ3n) is 10.5. The first kappa shape index (κ1) is 33.0. The van der Waals surface area contributed by atoms with E-state index in [4.69, 9.17) is 0 Å². The smallest absolute Gasteiger partial charge is 0.237 e. The number of carbonyl (C=O) groups is 4. The van der Waals surface area contributed by atoms with Crippen LogP contribution in [0.2, 0.25) is 0 Å². The molecule has 1 aromatic carbocycles. The van der Waals surface area contributed by atoms with Gasteiger partial charge in [-0.25, -0.2) is 8.93 Å².